The quantitative estimate of drug-likeness (QED) is 0.180. The van der Waals surface area contributed by atoms with Crippen LogP contribution in [0.2, 0.25) is 0 Å². The van der Waals surface area contributed by atoms with E-state index in [1.807, 2.05) is 6.92 Å². The van der Waals surface area contributed by atoms with Crippen molar-refractivity contribution in [2.75, 3.05) is 7.11 Å². The molecule has 0 aromatic heterocycles. The van der Waals surface area contributed by atoms with Gasteiger partial charge in [-0.3, -0.25) is 14.4 Å². The van der Waals surface area contributed by atoms with Crippen molar-refractivity contribution in [1.82, 2.24) is 0 Å². The lowest BCUT2D eigenvalue weighted by Gasteiger charge is -2.51. The molecule has 4 aliphatic rings. The van der Waals surface area contributed by atoms with E-state index in [1.165, 1.54) is 13.2 Å². The third kappa shape index (κ3) is 2.80. The lowest BCUT2D eigenvalue weighted by Crippen LogP contribution is -2.71. The molecule has 0 radical (unpaired) electrons. The molecule has 0 aliphatic heterocycles. The first-order valence-corrected chi connectivity index (χ1v) is 13.5. The summed E-state index contributed by atoms with van der Waals surface area (Å²) in [5.41, 5.74) is -7.29. The molecule has 0 fully saturated rings. The zero-order chi connectivity index (χ0) is 30.2. The summed E-state index contributed by atoms with van der Waals surface area (Å²) in [6.07, 6.45) is 0.734. The van der Waals surface area contributed by atoms with Gasteiger partial charge in [0.2, 0.25) is 17.2 Å². The second-order valence-electron chi connectivity index (χ2n) is 12.5. The van der Waals surface area contributed by atoms with Crippen molar-refractivity contribution in [2.45, 2.75) is 76.1 Å². The molecule has 216 valence electrons. The SMILES string of the molecule is COc1cc(O)c2c(O)c3c(c4c2c1C1(C4)C(C)=CCCC1(C)C)C(O)C1(O)CC(O)=C(C(C)=O)C(=O)C1(O)C3=O. The van der Waals surface area contributed by atoms with Gasteiger partial charge in [0.1, 0.15) is 40.3 Å². The van der Waals surface area contributed by atoms with E-state index < -0.39 is 80.3 Å². The molecule has 4 unspecified atom stereocenters. The van der Waals surface area contributed by atoms with E-state index in [2.05, 4.69) is 19.9 Å². The number of allylic oxidation sites excluding steroid dienone is 2. The van der Waals surface area contributed by atoms with Crippen molar-refractivity contribution in [1.29, 1.82) is 0 Å². The smallest absolute Gasteiger partial charge is 0.223 e. The minimum absolute atomic E-state index is 0.122. The van der Waals surface area contributed by atoms with Crippen LogP contribution in [0, 0.1) is 5.41 Å². The highest BCUT2D eigenvalue weighted by Crippen LogP contribution is 2.66. The molecule has 10 heteroatoms. The van der Waals surface area contributed by atoms with Crippen LogP contribution in [-0.4, -0.2) is 66.3 Å². The summed E-state index contributed by atoms with van der Waals surface area (Å²) in [5, 5.41) is 68.8. The molecule has 0 saturated heterocycles. The first-order chi connectivity index (χ1) is 19.0. The highest BCUT2D eigenvalue weighted by atomic mass is 16.5. The van der Waals surface area contributed by atoms with Crippen LogP contribution < -0.4 is 4.74 Å². The first kappa shape index (κ1) is 27.4. The lowest BCUT2D eigenvalue weighted by atomic mass is 9.54. The predicted molar refractivity (Wildman–Crippen MR) is 145 cm³/mol. The topological polar surface area (TPSA) is 182 Å². The van der Waals surface area contributed by atoms with Gasteiger partial charge in [0, 0.05) is 34.4 Å². The largest absolute Gasteiger partial charge is 0.511 e. The Labute approximate surface area is 235 Å². The minimum Gasteiger partial charge on any atom is -0.511 e. The standard InChI is InChI=1S/C31H32O10/c1-12-7-6-8-28(3,4)29(12)10-14-19-21(15(33)9-17(41-5)23(19)29)24(35)22-20(14)25(36)30(39)11-16(34)18(13(2)32)26(37)31(30,40)27(22)38/h7,9,25,33-36,39-40H,6,8,10-11H2,1-5H3. The van der Waals surface area contributed by atoms with E-state index in [0.29, 0.717) is 22.3 Å². The Morgan fingerprint density at radius 3 is 2.29 bits per heavy atom. The Kier molecular flexibility index (Phi) is 5.33. The number of carbonyl (C=O) groups is 3. The molecule has 2 aromatic carbocycles. The van der Waals surface area contributed by atoms with Gasteiger partial charge in [0.25, 0.3) is 0 Å². The van der Waals surface area contributed by atoms with Crippen molar-refractivity contribution in [3.63, 3.8) is 0 Å². The van der Waals surface area contributed by atoms with Gasteiger partial charge in [0.05, 0.1) is 18.1 Å². The molecule has 0 amide bonds. The molecule has 41 heavy (non-hydrogen) atoms. The van der Waals surface area contributed by atoms with Crippen molar-refractivity contribution >= 4 is 28.1 Å². The molecular weight excluding hydrogens is 532 g/mol. The summed E-state index contributed by atoms with van der Waals surface area (Å²) in [6, 6.07) is 1.34. The number of methoxy groups -OCH3 is 1. The van der Waals surface area contributed by atoms with Gasteiger partial charge in [-0.25, -0.2) is 0 Å². The molecule has 6 rings (SSSR count). The van der Waals surface area contributed by atoms with Crippen molar-refractivity contribution in [2.24, 2.45) is 5.41 Å². The molecule has 1 spiro atoms. The highest BCUT2D eigenvalue weighted by Gasteiger charge is 2.71. The van der Waals surface area contributed by atoms with Gasteiger partial charge in [-0.05, 0) is 44.1 Å². The number of ether oxygens (including phenoxy) is 1. The summed E-state index contributed by atoms with van der Waals surface area (Å²) < 4.78 is 5.74. The van der Waals surface area contributed by atoms with E-state index in [9.17, 15) is 45.0 Å². The van der Waals surface area contributed by atoms with Crippen LogP contribution in [0.3, 0.4) is 0 Å². The average molecular weight is 565 g/mol. The molecule has 4 aliphatic carbocycles. The van der Waals surface area contributed by atoms with Crippen LogP contribution in [0.1, 0.15) is 80.1 Å². The number of carbonyl (C=O) groups excluding carboxylic acids is 3. The van der Waals surface area contributed by atoms with Crippen LogP contribution in [0.15, 0.2) is 29.0 Å². The minimum atomic E-state index is -3.40. The fraction of sp³-hybridized carbons (Fsp3) is 0.452. The number of phenols is 2. The number of rotatable bonds is 2. The Hall–Kier alpha value is -3.73. The first-order valence-electron chi connectivity index (χ1n) is 13.5. The third-order valence-corrected chi connectivity index (χ3v) is 10.3. The molecule has 0 heterocycles. The number of hydrogen-bond acceptors (Lipinski definition) is 10. The number of aliphatic hydroxyl groups excluding tert-OH is 2. The normalized spacial score (nSPS) is 31.8. The zero-order valence-electron chi connectivity index (χ0n) is 23.4. The van der Waals surface area contributed by atoms with Crippen LogP contribution in [0.4, 0.5) is 0 Å². The molecule has 6 N–H and O–H groups in total. The summed E-state index contributed by atoms with van der Waals surface area (Å²) in [7, 11) is 1.45. The van der Waals surface area contributed by atoms with E-state index in [0.717, 1.165) is 25.3 Å². The summed E-state index contributed by atoms with van der Waals surface area (Å²) in [5.74, 6) is -5.72. The van der Waals surface area contributed by atoms with Crippen molar-refractivity contribution in [3.05, 3.63) is 51.3 Å². The molecule has 0 saturated carbocycles. The van der Waals surface area contributed by atoms with Crippen molar-refractivity contribution in [3.8, 4) is 17.2 Å². The van der Waals surface area contributed by atoms with Crippen LogP contribution in [0.5, 0.6) is 17.2 Å². The maximum atomic E-state index is 14.1. The molecule has 10 nitrogen and oxygen atoms in total. The average Bonchev–Trinajstić information content (AvgIpc) is 3.24. The third-order valence-electron chi connectivity index (χ3n) is 10.3. The van der Waals surface area contributed by atoms with E-state index in [4.69, 9.17) is 4.74 Å². The van der Waals surface area contributed by atoms with Gasteiger partial charge in [0.15, 0.2) is 5.78 Å². The highest BCUT2D eigenvalue weighted by molar-refractivity contribution is 6.34. The summed E-state index contributed by atoms with van der Waals surface area (Å²) in [6.45, 7) is 7.09. The van der Waals surface area contributed by atoms with Crippen LogP contribution in [-0.2, 0) is 21.4 Å². The number of aliphatic hydroxyl groups is 4. The molecule has 0 bridgehead atoms. The summed E-state index contributed by atoms with van der Waals surface area (Å²) in [4.78, 5) is 39.7. The van der Waals surface area contributed by atoms with E-state index in [1.54, 1.807) is 0 Å². The number of hydrogen-bond donors (Lipinski definition) is 6. The lowest BCUT2D eigenvalue weighted by molar-refractivity contribution is -0.196. The van der Waals surface area contributed by atoms with Gasteiger partial charge in [-0.15, -0.1) is 0 Å². The molecule has 2 aromatic rings. The number of phenolic OH excluding ortho intramolecular Hbond substituents is 2. The van der Waals surface area contributed by atoms with Gasteiger partial charge >= 0.3 is 0 Å². The number of ketones is 3. The second kappa shape index (κ2) is 7.96. The number of Topliss-reactive ketones (excluding diaryl/α,β-unsaturated/α-hetero) is 3. The Bertz CT molecular complexity index is 1710. The number of fused-ring (bicyclic) bond motifs is 4. The van der Waals surface area contributed by atoms with E-state index >= 15 is 0 Å². The number of benzene rings is 2. The fourth-order valence-electron chi connectivity index (χ4n) is 8.22. The number of aromatic hydroxyl groups is 2. The van der Waals surface area contributed by atoms with Crippen LogP contribution in [0.25, 0.3) is 10.8 Å². The van der Waals surface area contributed by atoms with Crippen LogP contribution >= 0.6 is 0 Å². The van der Waals surface area contributed by atoms with Crippen molar-refractivity contribution < 1.29 is 49.8 Å². The zero-order valence-corrected chi connectivity index (χ0v) is 23.4. The maximum Gasteiger partial charge on any atom is 0.223 e. The van der Waals surface area contributed by atoms with Gasteiger partial charge in [-0.2, -0.15) is 0 Å². The van der Waals surface area contributed by atoms with Gasteiger partial charge in [-0.1, -0.05) is 25.5 Å². The van der Waals surface area contributed by atoms with Gasteiger partial charge < -0.3 is 35.4 Å². The Morgan fingerprint density at radius 2 is 1.71 bits per heavy atom. The molecular formula is C31H32O10. The fourth-order valence-corrected chi connectivity index (χ4v) is 8.22. The predicted octanol–water partition coefficient (Wildman–Crippen LogP) is 2.89. The summed E-state index contributed by atoms with van der Waals surface area (Å²) >= 11 is 0. The Morgan fingerprint density at radius 1 is 1.05 bits per heavy atom. The maximum absolute atomic E-state index is 14.1. The molecule has 4 atom stereocenters. The van der Waals surface area contributed by atoms with E-state index in [-0.39, 0.29) is 17.4 Å². The monoisotopic (exact) mass is 564 g/mol. The Balaban J connectivity index is 1.78. The second-order valence-corrected chi connectivity index (χ2v) is 12.5.